The normalized spacial score (nSPS) is 13.2. The first-order valence-corrected chi connectivity index (χ1v) is 7.69. The highest BCUT2D eigenvalue weighted by Crippen LogP contribution is 2.25. The Kier molecular flexibility index (Phi) is 5.88. The minimum Gasteiger partial charge on any atom is -0.377 e. The zero-order valence-electron chi connectivity index (χ0n) is 11.0. The molecule has 0 saturated heterocycles. The predicted octanol–water partition coefficient (Wildman–Crippen LogP) is 1.95. The van der Waals surface area contributed by atoms with E-state index in [2.05, 4.69) is 4.72 Å². The lowest BCUT2D eigenvalue weighted by Crippen LogP contribution is -2.32. The van der Waals surface area contributed by atoms with Crippen molar-refractivity contribution in [3.05, 3.63) is 33.3 Å². The zero-order valence-corrected chi connectivity index (χ0v) is 12.6. The maximum absolute atomic E-state index is 12.1. The van der Waals surface area contributed by atoms with E-state index in [0.29, 0.717) is 6.61 Å². The molecule has 0 spiro atoms. The second-order valence-electron chi connectivity index (χ2n) is 3.99. The molecule has 1 atom stereocenters. The summed E-state index contributed by atoms with van der Waals surface area (Å²) in [5.74, 6) is 0. The average Bonchev–Trinajstić information content (AvgIpc) is 2.37. The molecule has 1 aromatic rings. The molecule has 0 aliphatic rings. The number of ether oxygens (including phenoxy) is 1. The minimum absolute atomic E-state index is 0.0508. The molecule has 0 heterocycles. The Balaban J connectivity index is 2.97. The molecular weight excluding hydrogens is 308 g/mol. The van der Waals surface area contributed by atoms with E-state index >= 15 is 0 Å². The van der Waals surface area contributed by atoms with E-state index in [1.54, 1.807) is 13.8 Å². The van der Waals surface area contributed by atoms with E-state index < -0.39 is 14.9 Å². The molecule has 0 aliphatic heterocycles. The number of nitro groups is 1. The molecule has 0 bridgehead atoms. The Labute approximate surface area is 122 Å². The summed E-state index contributed by atoms with van der Waals surface area (Å²) in [6.45, 7) is 4.01. The molecule has 112 valence electrons. The summed E-state index contributed by atoms with van der Waals surface area (Å²) in [7, 11) is -3.93. The maximum atomic E-state index is 12.1. The first kappa shape index (κ1) is 16.8. The molecule has 0 saturated carbocycles. The zero-order chi connectivity index (χ0) is 15.3. The SMILES string of the molecule is CCOC(C)CNS(=O)(=O)c1cc([N+](=O)[O-])ccc1Cl. The second kappa shape index (κ2) is 6.98. The van der Waals surface area contributed by atoms with E-state index in [4.69, 9.17) is 16.3 Å². The van der Waals surface area contributed by atoms with Gasteiger partial charge >= 0.3 is 0 Å². The number of halogens is 1. The highest BCUT2D eigenvalue weighted by Gasteiger charge is 2.22. The lowest BCUT2D eigenvalue weighted by Gasteiger charge is -2.13. The number of hydrogen-bond donors (Lipinski definition) is 1. The van der Waals surface area contributed by atoms with Crippen LogP contribution in [0.2, 0.25) is 5.02 Å². The number of sulfonamides is 1. The summed E-state index contributed by atoms with van der Waals surface area (Å²) in [5, 5.41) is 10.6. The Morgan fingerprint density at radius 2 is 2.15 bits per heavy atom. The largest absolute Gasteiger partial charge is 0.377 e. The first-order valence-electron chi connectivity index (χ1n) is 5.83. The monoisotopic (exact) mass is 322 g/mol. The Hall–Kier alpha value is -1.22. The van der Waals surface area contributed by atoms with Crippen LogP contribution in [0, 0.1) is 10.1 Å². The molecule has 0 aromatic heterocycles. The third-order valence-electron chi connectivity index (χ3n) is 2.43. The van der Waals surface area contributed by atoms with Crippen LogP contribution in [0.15, 0.2) is 23.1 Å². The van der Waals surface area contributed by atoms with E-state index in [-0.39, 0.29) is 28.3 Å². The smallest absolute Gasteiger partial charge is 0.270 e. The molecule has 1 unspecified atom stereocenters. The van der Waals surface area contributed by atoms with Gasteiger partial charge in [0.2, 0.25) is 10.0 Å². The fourth-order valence-electron chi connectivity index (χ4n) is 1.46. The van der Waals surface area contributed by atoms with Crippen LogP contribution >= 0.6 is 11.6 Å². The van der Waals surface area contributed by atoms with Crippen LogP contribution in [-0.2, 0) is 14.8 Å². The van der Waals surface area contributed by atoms with Crippen molar-refractivity contribution in [2.24, 2.45) is 0 Å². The third-order valence-corrected chi connectivity index (χ3v) is 4.33. The summed E-state index contributed by atoms with van der Waals surface area (Å²) < 4.78 is 31.6. The van der Waals surface area contributed by atoms with E-state index in [1.807, 2.05) is 0 Å². The van der Waals surface area contributed by atoms with Gasteiger partial charge in [-0.2, -0.15) is 0 Å². The molecule has 9 heteroatoms. The number of nitrogens with one attached hydrogen (secondary N) is 1. The van der Waals surface area contributed by atoms with Gasteiger partial charge < -0.3 is 4.74 Å². The van der Waals surface area contributed by atoms with E-state index in [9.17, 15) is 18.5 Å². The number of non-ortho nitro benzene ring substituents is 1. The van der Waals surface area contributed by atoms with Crippen LogP contribution in [0.3, 0.4) is 0 Å². The number of hydrogen-bond acceptors (Lipinski definition) is 5. The van der Waals surface area contributed by atoms with Gasteiger partial charge in [-0.3, -0.25) is 10.1 Å². The van der Waals surface area contributed by atoms with Gasteiger partial charge in [0.1, 0.15) is 4.90 Å². The van der Waals surface area contributed by atoms with Crippen molar-refractivity contribution in [2.75, 3.05) is 13.2 Å². The van der Waals surface area contributed by atoms with Crippen LogP contribution in [0.5, 0.6) is 0 Å². The van der Waals surface area contributed by atoms with Crippen molar-refractivity contribution < 1.29 is 18.1 Å². The fourth-order valence-corrected chi connectivity index (χ4v) is 3.09. The summed E-state index contributed by atoms with van der Waals surface area (Å²) in [6.07, 6.45) is -0.313. The number of nitrogens with zero attached hydrogens (tertiary/aromatic N) is 1. The molecule has 0 amide bonds. The number of rotatable bonds is 7. The molecule has 1 rings (SSSR count). The molecule has 7 nitrogen and oxygen atoms in total. The van der Waals surface area contributed by atoms with Crippen LogP contribution in [0.4, 0.5) is 5.69 Å². The molecule has 0 fully saturated rings. The summed E-state index contributed by atoms with van der Waals surface area (Å²) in [5.41, 5.74) is -0.340. The quantitative estimate of drug-likeness (QED) is 0.611. The highest BCUT2D eigenvalue weighted by molar-refractivity contribution is 7.89. The van der Waals surface area contributed by atoms with Crippen molar-refractivity contribution in [3.8, 4) is 0 Å². The van der Waals surface area contributed by atoms with Crippen LogP contribution < -0.4 is 4.72 Å². The van der Waals surface area contributed by atoms with Gasteiger partial charge in [-0.15, -0.1) is 0 Å². The van der Waals surface area contributed by atoms with Crippen molar-refractivity contribution >= 4 is 27.3 Å². The van der Waals surface area contributed by atoms with Gasteiger partial charge in [-0.05, 0) is 19.9 Å². The van der Waals surface area contributed by atoms with Crippen molar-refractivity contribution in [3.63, 3.8) is 0 Å². The van der Waals surface area contributed by atoms with Gasteiger partial charge in [-0.25, -0.2) is 13.1 Å². The maximum Gasteiger partial charge on any atom is 0.270 e. The molecular formula is C11H15ClN2O5S. The lowest BCUT2D eigenvalue weighted by atomic mass is 10.3. The Morgan fingerprint density at radius 1 is 1.50 bits per heavy atom. The second-order valence-corrected chi connectivity index (χ2v) is 6.13. The van der Waals surface area contributed by atoms with Crippen LogP contribution in [-0.4, -0.2) is 32.6 Å². The number of nitro benzene ring substituents is 1. The summed E-state index contributed by atoms with van der Waals surface area (Å²) in [6, 6.07) is 3.25. The Bertz CT molecular complexity index is 590. The van der Waals surface area contributed by atoms with Gasteiger partial charge in [-0.1, -0.05) is 11.6 Å². The minimum atomic E-state index is -3.93. The topological polar surface area (TPSA) is 98.5 Å². The Morgan fingerprint density at radius 3 is 2.70 bits per heavy atom. The standard InChI is InChI=1S/C11H15ClN2O5S/c1-3-19-8(2)7-13-20(17,18)11-6-9(14(15)16)4-5-10(11)12/h4-6,8,13H,3,7H2,1-2H3. The molecule has 0 aliphatic carbocycles. The summed E-state index contributed by atoms with van der Waals surface area (Å²) in [4.78, 5) is 9.67. The lowest BCUT2D eigenvalue weighted by molar-refractivity contribution is -0.385. The highest BCUT2D eigenvalue weighted by atomic mass is 35.5. The summed E-state index contributed by atoms with van der Waals surface area (Å²) >= 11 is 5.79. The van der Waals surface area contributed by atoms with Crippen LogP contribution in [0.25, 0.3) is 0 Å². The predicted molar refractivity (Wildman–Crippen MR) is 74.4 cm³/mol. The number of benzene rings is 1. The molecule has 1 N–H and O–H groups in total. The fraction of sp³-hybridized carbons (Fsp3) is 0.455. The van der Waals surface area contributed by atoms with Gasteiger partial charge in [0, 0.05) is 25.3 Å². The van der Waals surface area contributed by atoms with E-state index in [1.165, 1.54) is 6.07 Å². The van der Waals surface area contributed by atoms with Crippen molar-refractivity contribution in [1.82, 2.24) is 4.72 Å². The molecule has 0 radical (unpaired) electrons. The molecule has 1 aromatic carbocycles. The van der Waals surface area contributed by atoms with Gasteiger partial charge in [0.15, 0.2) is 0 Å². The molecule has 20 heavy (non-hydrogen) atoms. The van der Waals surface area contributed by atoms with Crippen molar-refractivity contribution in [2.45, 2.75) is 24.8 Å². The van der Waals surface area contributed by atoms with E-state index in [0.717, 1.165) is 12.1 Å². The third kappa shape index (κ3) is 4.41. The first-order chi connectivity index (χ1) is 9.27. The van der Waals surface area contributed by atoms with Crippen molar-refractivity contribution in [1.29, 1.82) is 0 Å². The van der Waals surface area contributed by atoms with Gasteiger partial charge in [0.05, 0.1) is 16.0 Å². The average molecular weight is 323 g/mol. The van der Waals surface area contributed by atoms with Crippen LogP contribution in [0.1, 0.15) is 13.8 Å². The van der Waals surface area contributed by atoms with Gasteiger partial charge in [0.25, 0.3) is 5.69 Å².